The molecule has 3 rings (SSSR count). The maximum Gasteiger partial charge on any atom is 0.243 e. The lowest BCUT2D eigenvalue weighted by Gasteiger charge is -2.31. The number of nitrogens with one attached hydrogen (secondary N) is 1. The molecule has 1 heterocycles. The average molecular weight is 417 g/mol. The van der Waals surface area contributed by atoms with Crippen LogP contribution in [-0.2, 0) is 14.8 Å². The van der Waals surface area contributed by atoms with Crippen molar-refractivity contribution in [2.24, 2.45) is 5.92 Å². The first kappa shape index (κ1) is 21.3. The van der Waals surface area contributed by atoms with Gasteiger partial charge in [-0.25, -0.2) is 8.42 Å². The van der Waals surface area contributed by atoms with Gasteiger partial charge in [0.25, 0.3) is 0 Å². The molecule has 2 atom stereocenters. The zero-order valence-corrected chi connectivity index (χ0v) is 17.7. The SMILES string of the molecule is COc1ccc(S(=O)(=O)N2CCC[C@H](C(=O)NC[C@@H](C)c3ccccc3)C2)cc1. The largest absolute Gasteiger partial charge is 0.497 e. The Kier molecular flexibility index (Phi) is 6.92. The molecule has 1 N–H and O–H groups in total. The van der Waals surface area contributed by atoms with Crippen molar-refractivity contribution in [2.75, 3.05) is 26.7 Å². The molecule has 1 aliphatic heterocycles. The number of ether oxygens (including phenoxy) is 1. The number of amides is 1. The maximum absolute atomic E-state index is 13.0. The predicted molar refractivity (Wildman–Crippen MR) is 112 cm³/mol. The number of hydrogen-bond donors (Lipinski definition) is 1. The van der Waals surface area contributed by atoms with Gasteiger partial charge in [0.05, 0.1) is 17.9 Å². The first-order valence-corrected chi connectivity index (χ1v) is 11.3. The molecule has 0 aliphatic carbocycles. The van der Waals surface area contributed by atoms with Gasteiger partial charge in [0.1, 0.15) is 5.75 Å². The van der Waals surface area contributed by atoms with E-state index in [1.165, 1.54) is 17.0 Å². The lowest BCUT2D eigenvalue weighted by atomic mass is 9.97. The van der Waals surface area contributed by atoms with E-state index < -0.39 is 10.0 Å². The Labute approximate surface area is 172 Å². The first-order valence-electron chi connectivity index (χ1n) is 9.88. The predicted octanol–water partition coefficient (Wildman–Crippen LogP) is 3.02. The molecular weight excluding hydrogens is 388 g/mol. The number of piperidine rings is 1. The van der Waals surface area contributed by atoms with E-state index in [1.807, 2.05) is 30.3 Å². The summed E-state index contributed by atoms with van der Waals surface area (Å²) in [6, 6.07) is 16.4. The van der Waals surface area contributed by atoms with Crippen molar-refractivity contribution in [3.63, 3.8) is 0 Å². The molecule has 29 heavy (non-hydrogen) atoms. The van der Waals surface area contributed by atoms with Gasteiger partial charge in [-0.1, -0.05) is 37.3 Å². The molecule has 0 bridgehead atoms. The maximum atomic E-state index is 13.0. The fraction of sp³-hybridized carbons (Fsp3) is 0.409. The quantitative estimate of drug-likeness (QED) is 0.753. The van der Waals surface area contributed by atoms with Gasteiger partial charge in [0, 0.05) is 19.6 Å². The van der Waals surface area contributed by atoms with Crippen molar-refractivity contribution < 1.29 is 17.9 Å². The van der Waals surface area contributed by atoms with Crippen molar-refractivity contribution in [3.05, 3.63) is 60.2 Å². The van der Waals surface area contributed by atoms with Crippen LogP contribution in [0.5, 0.6) is 5.75 Å². The number of carbonyl (C=O) groups excluding carboxylic acids is 1. The van der Waals surface area contributed by atoms with Gasteiger partial charge in [-0.05, 0) is 48.6 Å². The van der Waals surface area contributed by atoms with Crippen LogP contribution >= 0.6 is 0 Å². The topological polar surface area (TPSA) is 75.7 Å². The molecule has 0 unspecified atom stereocenters. The van der Waals surface area contributed by atoms with Crippen LogP contribution in [-0.4, -0.2) is 45.4 Å². The molecule has 7 heteroatoms. The molecule has 2 aromatic carbocycles. The van der Waals surface area contributed by atoms with Gasteiger partial charge in [0.15, 0.2) is 0 Å². The van der Waals surface area contributed by atoms with Crippen LogP contribution in [0.4, 0.5) is 0 Å². The van der Waals surface area contributed by atoms with Crippen LogP contribution in [0.2, 0.25) is 0 Å². The summed E-state index contributed by atoms with van der Waals surface area (Å²) in [5.41, 5.74) is 1.17. The zero-order chi connectivity index (χ0) is 20.9. The minimum Gasteiger partial charge on any atom is -0.497 e. The smallest absolute Gasteiger partial charge is 0.243 e. The average Bonchev–Trinajstić information content (AvgIpc) is 2.78. The molecule has 156 valence electrons. The van der Waals surface area contributed by atoms with Crippen molar-refractivity contribution in [2.45, 2.75) is 30.6 Å². The Balaban J connectivity index is 1.61. The lowest BCUT2D eigenvalue weighted by Crippen LogP contribution is -2.45. The molecule has 1 fully saturated rings. The highest BCUT2D eigenvalue weighted by Gasteiger charge is 2.33. The summed E-state index contributed by atoms with van der Waals surface area (Å²) < 4.78 is 32.4. The molecular formula is C22H28N2O4S. The number of nitrogens with zero attached hydrogens (tertiary/aromatic N) is 1. The van der Waals surface area contributed by atoms with E-state index in [-0.39, 0.29) is 29.2 Å². The number of sulfonamides is 1. The standard InChI is InChI=1S/C22H28N2O4S/c1-17(18-7-4-3-5-8-18)15-23-22(25)19-9-6-14-24(16-19)29(26,27)21-12-10-20(28-2)11-13-21/h3-5,7-8,10-13,17,19H,6,9,14-16H2,1-2H3,(H,23,25)/t17-,19+/m1/s1. The van der Waals surface area contributed by atoms with Crippen molar-refractivity contribution >= 4 is 15.9 Å². The second-order valence-corrected chi connectivity index (χ2v) is 9.37. The van der Waals surface area contributed by atoms with Crippen LogP contribution in [0, 0.1) is 5.92 Å². The summed E-state index contributed by atoms with van der Waals surface area (Å²) in [7, 11) is -2.09. The monoisotopic (exact) mass is 416 g/mol. The highest BCUT2D eigenvalue weighted by atomic mass is 32.2. The number of rotatable bonds is 7. The summed E-state index contributed by atoms with van der Waals surface area (Å²) in [4.78, 5) is 12.9. The fourth-order valence-electron chi connectivity index (χ4n) is 3.57. The zero-order valence-electron chi connectivity index (χ0n) is 16.9. The van der Waals surface area contributed by atoms with Crippen molar-refractivity contribution in [1.29, 1.82) is 0 Å². The molecule has 1 amide bonds. The summed E-state index contributed by atoms with van der Waals surface area (Å²) in [6.07, 6.45) is 1.36. The minimum atomic E-state index is -3.63. The summed E-state index contributed by atoms with van der Waals surface area (Å²) >= 11 is 0. The van der Waals surface area contributed by atoms with E-state index >= 15 is 0 Å². The summed E-state index contributed by atoms with van der Waals surface area (Å²) in [6.45, 7) is 3.24. The second kappa shape index (κ2) is 9.41. The third kappa shape index (κ3) is 5.16. The number of hydrogen-bond acceptors (Lipinski definition) is 4. The Bertz CT molecular complexity index is 914. The lowest BCUT2D eigenvalue weighted by molar-refractivity contribution is -0.126. The normalized spacial score (nSPS) is 18.8. The molecule has 1 aliphatic rings. The van der Waals surface area contributed by atoms with E-state index in [0.29, 0.717) is 31.7 Å². The van der Waals surface area contributed by atoms with Gasteiger partial charge in [-0.15, -0.1) is 0 Å². The third-order valence-corrected chi connectivity index (χ3v) is 7.28. The highest BCUT2D eigenvalue weighted by Crippen LogP contribution is 2.25. The van der Waals surface area contributed by atoms with E-state index in [9.17, 15) is 13.2 Å². The van der Waals surface area contributed by atoms with Gasteiger partial charge in [-0.3, -0.25) is 4.79 Å². The molecule has 2 aromatic rings. The van der Waals surface area contributed by atoms with Crippen molar-refractivity contribution in [3.8, 4) is 5.75 Å². The van der Waals surface area contributed by atoms with E-state index in [1.54, 1.807) is 24.3 Å². The fourth-order valence-corrected chi connectivity index (χ4v) is 5.09. The molecule has 6 nitrogen and oxygen atoms in total. The van der Waals surface area contributed by atoms with Gasteiger partial charge < -0.3 is 10.1 Å². The molecule has 0 saturated carbocycles. The second-order valence-electron chi connectivity index (χ2n) is 7.43. The van der Waals surface area contributed by atoms with E-state index in [0.717, 1.165) is 0 Å². The van der Waals surface area contributed by atoms with Crippen LogP contribution in [0.15, 0.2) is 59.5 Å². The van der Waals surface area contributed by atoms with Gasteiger partial charge in [-0.2, -0.15) is 4.31 Å². The highest BCUT2D eigenvalue weighted by molar-refractivity contribution is 7.89. The van der Waals surface area contributed by atoms with Crippen LogP contribution in [0.25, 0.3) is 0 Å². The minimum absolute atomic E-state index is 0.0811. The number of methoxy groups -OCH3 is 1. The first-order chi connectivity index (χ1) is 13.9. The Hall–Kier alpha value is -2.38. The van der Waals surface area contributed by atoms with Gasteiger partial charge in [0.2, 0.25) is 15.9 Å². The van der Waals surface area contributed by atoms with Crippen molar-refractivity contribution in [1.82, 2.24) is 9.62 Å². The van der Waals surface area contributed by atoms with E-state index in [4.69, 9.17) is 4.74 Å². The van der Waals surface area contributed by atoms with Gasteiger partial charge >= 0.3 is 0 Å². The molecule has 0 aromatic heterocycles. The van der Waals surface area contributed by atoms with Crippen LogP contribution in [0.1, 0.15) is 31.2 Å². The Morgan fingerprint density at radius 2 is 1.86 bits per heavy atom. The van der Waals surface area contributed by atoms with Crippen LogP contribution < -0.4 is 10.1 Å². The summed E-state index contributed by atoms with van der Waals surface area (Å²) in [5, 5.41) is 3.00. The van der Waals surface area contributed by atoms with E-state index in [2.05, 4.69) is 12.2 Å². The Morgan fingerprint density at radius 3 is 2.52 bits per heavy atom. The molecule has 0 spiro atoms. The van der Waals surface area contributed by atoms with Crippen LogP contribution in [0.3, 0.4) is 0 Å². The number of benzene rings is 2. The molecule has 0 radical (unpaired) electrons. The molecule has 1 saturated heterocycles. The summed E-state index contributed by atoms with van der Waals surface area (Å²) in [5.74, 6) is 0.386. The number of carbonyl (C=O) groups is 1. The Morgan fingerprint density at radius 1 is 1.17 bits per heavy atom. The third-order valence-electron chi connectivity index (χ3n) is 5.40.